The highest BCUT2D eigenvalue weighted by atomic mass is 19.1. The van der Waals surface area contributed by atoms with Crippen molar-refractivity contribution in [2.24, 2.45) is 0 Å². The maximum atomic E-state index is 13.9. The SMILES string of the molecule is CCc1c(N)ncnc1N1CCC(c2nc(-c3cccc(F)c3)cn2CCN2CCCC2)CC1. The van der Waals surface area contributed by atoms with E-state index in [1.54, 1.807) is 18.5 Å². The third-order valence-electron chi connectivity index (χ3n) is 7.25. The van der Waals surface area contributed by atoms with Crippen LogP contribution < -0.4 is 10.6 Å². The van der Waals surface area contributed by atoms with Gasteiger partial charge in [0.25, 0.3) is 0 Å². The number of halogens is 1. The minimum atomic E-state index is -0.227. The smallest absolute Gasteiger partial charge is 0.137 e. The lowest BCUT2D eigenvalue weighted by atomic mass is 9.95. The number of nitrogens with two attached hydrogens (primary N) is 1. The van der Waals surface area contributed by atoms with Gasteiger partial charge in [-0.1, -0.05) is 19.1 Å². The Bertz CT molecular complexity index is 1110. The van der Waals surface area contributed by atoms with Crippen molar-refractivity contribution in [1.82, 2.24) is 24.4 Å². The molecule has 1 aromatic carbocycles. The summed E-state index contributed by atoms with van der Waals surface area (Å²) in [6, 6.07) is 6.75. The zero-order valence-electron chi connectivity index (χ0n) is 20.0. The van der Waals surface area contributed by atoms with E-state index >= 15 is 0 Å². The molecule has 0 atom stereocenters. The van der Waals surface area contributed by atoms with Gasteiger partial charge in [0.05, 0.1) is 5.69 Å². The number of benzene rings is 1. The molecule has 2 aliphatic heterocycles. The molecule has 0 aliphatic carbocycles. The van der Waals surface area contributed by atoms with E-state index in [4.69, 9.17) is 10.7 Å². The zero-order valence-corrected chi connectivity index (χ0v) is 20.0. The van der Waals surface area contributed by atoms with Gasteiger partial charge in [0, 0.05) is 49.4 Å². The van der Waals surface area contributed by atoms with Crippen LogP contribution in [0.4, 0.5) is 16.0 Å². The monoisotopic (exact) mass is 463 g/mol. The van der Waals surface area contributed by atoms with E-state index in [1.165, 1.54) is 32.0 Å². The highest BCUT2D eigenvalue weighted by Crippen LogP contribution is 2.33. The van der Waals surface area contributed by atoms with Crippen LogP contribution >= 0.6 is 0 Å². The van der Waals surface area contributed by atoms with Crippen LogP contribution in [-0.2, 0) is 13.0 Å². The van der Waals surface area contributed by atoms with E-state index in [1.807, 2.05) is 6.07 Å². The van der Waals surface area contributed by atoms with Gasteiger partial charge in [-0.15, -0.1) is 0 Å². The second kappa shape index (κ2) is 10.1. The second-order valence-electron chi connectivity index (χ2n) is 9.41. The number of nitrogens with zero attached hydrogens (tertiary/aromatic N) is 6. The first kappa shape index (κ1) is 22.8. The van der Waals surface area contributed by atoms with Crippen molar-refractivity contribution in [3.63, 3.8) is 0 Å². The molecule has 0 bridgehead atoms. The number of likely N-dealkylation sites (tertiary alicyclic amines) is 1. The molecule has 2 N–H and O–H groups in total. The fourth-order valence-electron chi connectivity index (χ4n) is 5.35. The van der Waals surface area contributed by atoms with Gasteiger partial charge in [0.2, 0.25) is 0 Å². The first-order chi connectivity index (χ1) is 16.6. The van der Waals surface area contributed by atoms with Gasteiger partial charge in [0.15, 0.2) is 0 Å². The van der Waals surface area contributed by atoms with Crippen LogP contribution in [0.1, 0.15) is 49.9 Å². The molecular formula is C26H34FN7. The number of aromatic nitrogens is 4. The summed E-state index contributed by atoms with van der Waals surface area (Å²) in [6.45, 7) is 8.22. The Balaban J connectivity index is 1.36. The summed E-state index contributed by atoms with van der Waals surface area (Å²) in [7, 11) is 0. The van der Waals surface area contributed by atoms with Crippen molar-refractivity contribution in [3.05, 3.63) is 54.0 Å². The van der Waals surface area contributed by atoms with Gasteiger partial charge in [-0.3, -0.25) is 0 Å². The maximum Gasteiger partial charge on any atom is 0.137 e. The molecule has 2 aliphatic rings. The molecule has 2 saturated heterocycles. The molecule has 0 radical (unpaired) electrons. The minimum absolute atomic E-state index is 0.227. The van der Waals surface area contributed by atoms with Crippen LogP contribution in [0.25, 0.3) is 11.3 Å². The number of nitrogen functional groups attached to an aromatic ring is 1. The van der Waals surface area contributed by atoms with Crippen molar-refractivity contribution < 1.29 is 4.39 Å². The summed E-state index contributed by atoms with van der Waals surface area (Å²) in [5.41, 5.74) is 8.83. The molecule has 0 unspecified atom stereocenters. The number of anilines is 2. The molecular weight excluding hydrogens is 429 g/mol. The molecule has 2 fully saturated rings. The summed E-state index contributed by atoms with van der Waals surface area (Å²) in [5, 5.41) is 0. The van der Waals surface area contributed by atoms with Crippen LogP contribution in [0, 0.1) is 5.82 Å². The predicted molar refractivity (Wildman–Crippen MR) is 133 cm³/mol. The van der Waals surface area contributed by atoms with Gasteiger partial charge in [-0.25, -0.2) is 19.3 Å². The van der Waals surface area contributed by atoms with Crippen LogP contribution in [0.2, 0.25) is 0 Å². The first-order valence-electron chi connectivity index (χ1n) is 12.5. The lowest BCUT2D eigenvalue weighted by Crippen LogP contribution is -2.35. The van der Waals surface area contributed by atoms with Crippen molar-refractivity contribution in [3.8, 4) is 11.3 Å². The molecule has 5 rings (SSSR count). The topological polar surface area (TPSA) is 76.1 Å². The minimum Gasteiger partial charge on any atom is -0.383 e. The molecule has 180 valence electrons. The Morgan fingerprint density at radius 3 is 2.59 bits per heavy atom. The largest absolute Gasteiger partial charge is 0.383 e. The fraction of sp³-hybridized carbons (Fsp3) is 0.500. The van der Waals surface area contributed by atoms with Gasteiger partial charge in [-0.05, 0) is 57.3 Å². The quantitative estimate of drug-likeness (QED) is 0.569. The van der Waals surface area contributed by atoms with Crippen LogP contribution in [0.15, 0.2) is 36.8 Å². The lowest BCUT2D eigenvalue weighted by Gasteiger charge is -2.34. The average molecular weight is 464 g/mol. The Labute approximate surface area is 200 Å². The fourth-order valence-corrected chi connectivity index (χ4v) is 5.35. The number of imidazole rings is 1. The van der Waals surface area contributed by atoms with Crippen molar-refractivity contribution in [2.75, 3.05) is 43.4 Å². The zero-order chi connectivity index (χ0) is 23.5. The average Bonchev–Trinajstić information content (AvgIpc) is 3.53. The lowest BCUT2D eigenvalue weighted by molar-refractivity contribution is 0.317. The van der Waals surface area contributed by atoms with Crippen LogP contribution in [0.5, 0.6) is 0 Å². The summed E-state index contributed by atoms with van der Waals surface area (Å²) in [4.78, 5) is 18.6. The summed E-state index contributed by atoms with van der Waals surface area (Å²) >= 11 is 0. The molecule has 34 heavy (non-hydrogen) atoms. The van der Waals surface area contributed by atoms with E-state index in [-0.39, 0.29) is 5.82 Å². The number of hydrogen-bond donors (Lipinski definition) is 1. The standard InChI is InChI=1S/C26H34FN7/c1-2-22-24(28)29-18-30-26(22)33-12-8-19(9-13-33)25-31-23(20-6-5-7-21(27)16-20)17-34(25)15-14-32-10-3-4-11-32/h5-7,16-19H,2-4,8-15H2,1H3,(H2,28,29,30). The van der Waals surface area contributed by atoms with Crippen LogP contribution in [-0.4, -0.2) is 57.1 Å². The van der Waals surface area contributed by atoms with E-state index in [2.05, 4.69) is 37.5 Å². The number of rotatable bonds is 7. The third-order valence-corrected chi connectivity index (χ3v) is 7.25. The van der Waals surface area contributed by atoms with Gasteiger partial charge in [0.1, 0.15) is 29.6 Å². The Morgan fingerprint density at radius 2 is 1.85 bits per heavy atom. The van der Waals surface area contributed by atoms with E-state index in [0.717, 1.165) is 73.9 Å². The van der Waals surface area contributed by atoms with Gasteiger partial charge >= 0.3 is 0 Å². The van der Waals surface area contributed by atoms with Crippen molar-refractivity contribution >= 4 is 11.6 Å². The molecule has 8 heteroatoms. The Hall–Kier alpha value is -3.00. The third kappa shape index (κ3) is 4.78. The molecule has 0 spiro atoms. The summed E-state index contributed by atoms with van der Waals surface area (Å²) < 4.78 is 16.2. The number of piperidine rings is 1. The highest BCUT2D eigenvalue weighted by Gasteiger charge is 2.27. The first-order valence-corrected chi connectivity index (χ1v) is 12.5. The molecule has 0 amide bonds. The van der Waals surface area contributed by atoms with E-state index in [0.29, 0.717) is 11.7 Å². The van der Waals surface area contributed by atoms with E-state index < -0.39 is 0 Å². The maximum absolute atomic E-state index is 13.9. The number of hydrogen-bond acceptors (Lipinski definition) is 6. The second-order valence-corrected chi connectivity index (χ2v) is 9.41. The predicted octanol–water partition coefficient (Wildman–Crippen LogP) is 4.10. The molecule has 3 aromatic rings. The highest BCUT2D eigenvalue weighted by molar-refractivity contribution is 5.59. The van der Waals surface area contributed by atoms with E-state index in [9.17, 15) is 4.39 Å². The summed E-state index contributed by atoms with van der Waals surface area (Å²) in [6.07, 6.45) is 9.07. The Morgan fingerprint density at radius 1 is 1.06 bits per heavy atom. The van der Waals surface area contributed by atoms with Crippen molar-refractivity contribution in [1.29, 1.82) is 0 Å². The van der Waals surface area contributed by atoms with Gasteiger partial charge < -0.3 is 20.1 Å². The van der Waals surface area contributed by atoms with Crippen LogP contribution in [0.3, 0.4) is 0 Å². The molecule has 7 nitrogen and oxygen atoms in total. The molecule has 4 heterocycles. The van der Waals surface area contributed by atoms with Crippen molar-refractivity contribution in [2.45, 2.75) is 51.5 Å². The van der Waals surface area contributed by atoms with Gasteiger partial charge in [-0.2, -0.15) is 0 Å². The Kier molecular flexibility index (Phi) is 6.76. The molecule has 2 aromatic heterocycles. The summed E-state index contributed by atoms with van der Waals surface area (Å²) in [5.74, 6) is 2.80. The normalized spacial score (nSPS) is 17.5. The molecule has 0 saturated carbocycles.